The zero-order valence-electron chi connectivity index (χ0n) is 13.3. The third-order valence-electron chi connectivity index (χ3n) is 2.90. The first-order chi connectivity index (χ1) is 9.11. The van der Waals surface area contributed by atoms with E-state index in [1.54, 1.807) is 0 Å². The molecule has 0 aromatic rings. The van der Waals surface area contributed by atoms with Crippen molar-refractivity contribution < 1.29 is 4.74 Å². The van der Waals surface area contributed by atoms with Gasteiger partial charge in [0.25, 0.3) is 0 Å². The maximum Gasteiger partial charge on any atom is 0.191 e. The highest BCUT2D eigenvalue weighted by molar-refractivity contribution is 5.79. The fourth-order valence-electron chi connectivity index (χ4n) is 1.45. The number of nitrogens with one attached hydrogen (secondary N) is 2. The molecule has 0 aliphatic heterocycles. The molecule has 0 saturated heterocycles. The molecule has 19 heavy (non-hydrogen) atoms. The van der Waals surface area contributed by atoms with E-state index in [4.69, 9.17) is 4.74 Å². The van der Waals surface area contributed by atoms with E-state index in [0.717, 1.165) is 51.8 Å². The summed E-state index contributed by atoms with van der Waals surface area (Å²) in [6.45, 7) is 13.7. The van der Waals surface area contributed by atoms with Crippen molar-refractivity contribution in [3.05, 3.63) is 0 Å². The molecule has 0 aromatic carbocycles. The van der Waals surface area contributed by atoms with Gasteiger partial charge in [0.05, 0.1) is 0 Å². The molecule has 0 fully saturated rings. The van der Waals surface area contributed by atoms with Gasteiger partial charge in [0.2, 0.25) is 0 Å². The SMILES string of the molecule is CCNC(=NCCCOCC)NCCN(C)C(C)C. The minimum absolute atomic E-state index is 0.576. The molecular formula is C14H32N4O. The topological polar surface area (TPSA) is 48.9 Å². The number of hydrogen-bond donors (Lipinski definition) is 2. The fraction of sp³-hybridized carbons (Fsp3) is 0.929. The molecule has 0 aliphatic rings. The summed E-state index contributed by atoms with van der Waals surface area (Å²) in [4.78, 5) is 6.83. The first-order valence-corrected chi connectivity index (χ1v) is 7.41. The Balaban J connectivity index is 3.86. The maximum absolute atomic E-state index is 5.30. The minimum atomic E-state index is 0.576. The van der Waals surface area contributed by atoms with Crippen molar-refractivity contribution >= 4 is 5.96 Å². The number of guanidine groups is 1. The van der Waals surface area contributed by atoms with Crippen LogP contribution in [0.25, 0.3) is 0 Å². The van der Waals surface area contributed by atoms with Crippen LogP contribution in [0.4, 0.5) is 0 Å². The van der Waals surface area contributed by atoms with Gasteiger partial charge in [0.1, 0.15) is 0 Å². The molecule has 0 rings (SSSR count). The molecule has 114 valence electrons. The van der Waals surface area contributed by atoms with Crippen LogP contribution in [0.15, 0.2) is 4.99 Å². The molecule has 0 bridgehead atoms. The average Bonchev–Trinajstić information content (AvgIpc) is 2.38. The Hall–Kier alpha value is -0.810. The second kappa shape index (κ2) is 12.2. The number of hydrogen-bond acceptors (Lipinski definition) is 3. The van der Waals surface area contributed by atoms with Gasteiger partial charge in [-0.05, 0) is 41.2 Å². The van der Waals surface area contributed by atoms with E-state index in [1.807, 2.05) is 6.92 Å². The Morgan fingerprint density at radius 3 is 2.58 bits per heavy atom. The first kappa shape index (κ1) is 18.2. The summed E-state index contributed by atoms with van der Waals surface area (Å²) in [5, 5.41) is 6.61. The van der Waals surface area contributed by atoms with Gasteiger partial charge in [-0.3, -0.25) is 4.99 Å². The lowest BCUT2D eigenvalue weighted by atomic mass is 10.3. The lowest BCUT2D eigenvalue weighted by molar-refractivity contribution is 0.146. The molecule has 0 heterocycles. The normalized spacial score (nSPS) is 12.3. The van der Waals surface area contributed by atoms with Crippen LogP contribution in [0, 0.1) is 0 Å². The summed E-state index contributed by atoms with van der Waals surface area (Å²) in [6.07, 6.45) is 0.969. The quantitative estimate of drug-likeness (QED) is 0.358. The highest BCUT2D eigenvalue weighted by Crippen LogP contribution is 1.91. The molecule has 0 amide bonds. The first-order valence-electron chi connectivity index (χ1n) is 7.41. The molecule has 0 aromatic heterocycles. The Bertz CT molecular complexity index is 231. The number of aliphatic imine (C=N–C) groups is 1. The summed E-state index contributed by atoms with van der Waals surface area (Å²) in [5.41, 5.74) is 0. The summed E-state index contributed by atoms with van der Waals surface area (Å²) in [6, 6.07) is 0.576. The van der Waals surface area contributed by atoms with Crippen molar-refractivity contribution in [2.75, 3.05) is 46.4 Å². The largest absolute Gasteiger partial charge is 0.382 e. The molecule has 2 N–H and O–H groups in total. The van der Waals surface area contributed by atoms with Gasteiger partial charge in [-0.2, -0.15) is 0 Å². The number of likely N-dealkylation sites (N-methyl/N-ethyl adjacent to an activating group) is 1. The Kier molecular flexibility index (Phi) is 11.7. The van der Waals surface area contributed by atoms with Gasteiger partial charge < -0.3 is 20.3 Å². The molecule has 5 heteroatoms. The van der Waals surface area contributed by atoms with Crippen LogP contribution < -0.4 is 10.6 Å². The minimum Gasteiger partial charge on any atom is -0.382 e. The van der Waals surface area contributed by atoms with E-state index in [9.17, 15) is 0 Å². The van der Waals surface area contributed by atoms with Crippen molar-refractivity contribution in [3.8, 4) is 0 Å². The van der Waals surface area contributed by atoms with Crippen LogP contribution in [-0.2, 0) is 4.74 Å². The van der Waals surface area contributed by atoms with Crippen LogP contribution in [0.3, 0.4) is 0 Å². The monoisotopic (exact) mass is 272 g/mol. The van der Waals surface area contributed by atoms with Gasteiger partial charge in [-0.15, -0.1) is 0 Å². The van der Waals surface area contributed by atoms with E-state index in [0.29, 0.717) is 6.04 Å². The standard InChI is InChI=1S/C14H32N4O/c1-6-15-14(16-9-8-12-19-7-2)17-10-11-18(5)13(3)4/h13H,6-12H2,1-5H3,(H2,15,16,17). The summed E-state index contributed by atoms with van der Waals surface area (Å²) >= 11 is 0. The van der Waals surface area contributed by atoms with E-state index in [-0.39, 0.29) is 0 Å². The highest BCUT2D eigenvalue weighted by Gasteiger charge is 2.03. The molecule has 0 atom stereocenters. The Morgan fingerprint density at radius 2 is 2.00 bits per heavy atom. The van der Waals surface area contributed by atoms with Crippen molar-refractivity contribution in [2.45, 2.75) is 40.2 Å². The van der Waals surface area contributed by atoms with E-state index in [1.165, 1.54) is 0 Å². The fourth-order valence-corrected chi connectivity index (χ4v) is 1.45. The van der Waals surface area contributed by atoms with E-state index < -0.39 is 0 Å². The zero-order chi connectivity index (χ0) is 14.5. The lowest BCUT2D eigenvalue weighted by Gasteiger charge is -2.21. The van der Waals surface area contributed by atoms with Crippen molar-refractivity contribution in [3.63, 3.8) is 0 Å². The smallest absolute Gasteiger partial charge is 0.191 e. The van der Waals surface area contributed by atoms with Crippen molar-refractivity contribution in [1.29, 1.82) is 0 Å². The second-order valence-corrected chi connectivity index (χ2v) is 4.81. The molecule has 5 nitrogen and oxygen atoms in total. The Morgan fingerprint density at radius 1 is 1.26 bits per heavy atom. The predicted octanol–water partition coefficient (Wildman–Crippen LogP) is 1.31. The van der Waals surface area contributed by atoms with Crippen molar-refractivity contribution in [2.24, 2.45) is 4.99 Å². The molecule has 0 spiro atoms. The van der Waals surface area contributed by atoms with Crippen molar-refractivity contribution in [1.82, 2.24) is 15.5 Å². The molecular weight excluding hydrogens is 240 g/mol. The third kappa shape index (κ3) is 10.8. The predicted molar refractivity (Wildman–Crippen MR) is 82.9 cm³/mol. The number of ether oxygens (including phenoxy) is 1. The number of rotatable bonds is 10. The van der Waals surface area contributed by atoms with Crippen LogP contribution in [0.1, 0.15) is 34.1 Å². The second-order valence-electron chi connectivity index (χ2n) is 4.81. The summed E-state index contributed by atoms with van der Waals surface area (Å²) in [5.74, 6) is 0.899. The highest BCUT2D eigenvalue weighted by atomic mass is 16.5. The molecule has 0 radical (unpaired) electrons. The van der Waals surface area contributed by atoms with E-state index >= 15 is 0 Å². The van der Waals surface area contributed by atoms with Gasteiger partial charge in [0.15, 0.2) is 5.96 Å². The summed E-state index contributed by atoms with van der Waals surface area (Å²) in [7, 11) is 2.14. The van der Waals surface area contributed by atoms with Gasteiger partial charge in [0, 0.05) is 45.4 Å². The summed E-state index contributed by atoms with van der Waals surface area (Å²) < 4.78 is 5.30. The Labute approximate surface area is 118 Å². The van der Waals surface area contributed by atoms with Gasteiger partial charge in [-0.25, -0.2) is 0 Å². The van der Waals surface area contributed by atoms with Crippen LogP contribution in [-0.4, -0.2) is 63.3 Å². The van der Waals surface area contributed by atoms with E-state index in [2.05, 4.69) is 48.3 Å². The van der Waals surface area contributed by atoms with Crippen LogP contribution >= 0.6 is 0 Å². The maximum atomic E-state index is 5.30. The van der Waals surface area contributed by atoms with Gasteiger partial charge in [-0.1, -0.05) is 0 Å². The number of nitrogens with zero attached hydrogens (tertiary/aromatic N) is 2. The molecule has 0 aliphatic carbocycles. The van der Waals surface area contributed by atoms with Crippen LogP contribution in [0.2, 0.25) is 0 Å². The average molecular weight is 272 g/mol. The lowest BCUT2D eigenvalue weighted by Crippen LogP contribution is -2.42. The van der Waals surface area contributed by atoms with Crippen LogP contribution in [0.5, 0.6) is 0 Å². The third-order valence-corrected chi connectivity index (χ3v) is 2.90. The molecule has 0 saturated carbocycles. The van der Waals surface area contributed by atoms with Gasteiger partial charge >= 0.3 is 0 Å². The zero-order valence-corrected chi connectivity index (χ0v) is 13.3. The molecule has 0 unspecified atom stereocenters.